The molecule has 0 saturated heterocycles. The number of hydrogen-bond donors (Lipinski definition) is 0. The summed E-state index contributed by atoms with van der Waals surface area (Å²) < 4.78 is 0. The molecule has 11 heavy (non-hydrogen) atoms. The molecule has 3 aliphatic rings. The Kier molecular flexibility index (Phi) is 2.50. The Morgan fingerprint density at radius 2 is 1.55 bits per heavy atom. The van der Waals surface area contributed by atoms with E-state index in [1.807, 2.05) is 5.92 Å². The van der Waals surface area contributed by atoms with Crippen LogP contribution in [0.3, 0.4) is 0 Å². The molecule has 0 spiro atoms. The molecule has 1 radical (unpaired) electrons. The van der Waals surface area contributed by atoms with E-state index in [0.717, 1.165) is 5.92 Å². The van der Waals surface area contributed by atoms with E-state index in [-0.39, 0.29) is 0 Å². The molecule has 3 aliphatic carbocycles. The van der Waals surface area contributed by atoms with Gasteiger partial charge >= 0.3 is 0 Å². The van der Waals surface area contributed by atoms with Crippen molar-refractivity contribution in [3.05, 3.63) is 5.92 Å². The van der Waals surface area contributed by atoms with Gasteiger partial charge in [-0.05, 0) is 31.1 Å². The number of hydrogen-bond acceptors (Lipinski definition) is 0. The Morgan fingerprint density at radius 3 is 2.45 bits per heavy atom. The Labute approximate surface area is 70.4 Å². The molecule has 0 nitrogen and oxygen atoms in total. The van der Waals surface area contributed by atoms with Crippen LogP contribution in [0.4, 0.5) is 0 Å². The third-order valence-electron chi connectivity index (χ3n) is 3.30. The molecule has 0 aromatic heterocycles. The first kappa shape index (κ1) is 7.64. The van der Waals surface area contributed by atoms with Crippen LogP contribution in [0.1, 0.15) is 57.8 Å². The van der Waals surface area contributed by atoms with Crippen LogP contribution in [-0.2, 0) is 0 Å². The summed E-state index contributed by atoms with van der Waals surface area (Å²) in [4.78, 5) is 0. The zero-order valence-corrected chi connectivity index (χ0v) is 7.44. The van der Waals surface area contributed by atoms with E-state index in [0.29, 0.717) is 0 Å². The summed E-state index contributed by atoms with van der Waals surface area (Å²) in [6.07, 6.45) is 13.5. The van der Waals surface area contributed by atoms with Crippen molar-refractivity contribution >= 4 is 0 Å². The molecule has 0 unspecified atom stereocenters. The minimum Gasteiger partial charge on any atom is -0.0533 e. The van der Waals surface area contributed by atoms with Crippen LogP contribution in [0.15, 0.2) is 0 Å². The van der Waals surface area contributed by atoms with Crippen LogP contribution < -0.4 is 0 Å². The van der Waals surface area contributed by atoms with Crippen molar-refractivity contribution in [1.29, 1.82) is 0 Å². The Hall–Kier alpha value is 0. The first-order valence-corrected chi connectivity index (χ1v) is 5.29. The van der Waals surface area contributed by atoms with Gasteiger partial charge in [-0.15, -0.1) is 0 Å². The van der Waals surface area contributed by atoms with Gasteiger partial charge in [0.25, 0.3) is 0 Å². The number of fused-ring (bicyclic) bond motifs is 6. The minimum atomic E-state index is 1.11. The molecule has 0 N–H and O–H groups in total. The highest BCUT2D eigenvalue weighted by Gasteiger charge is 2.28. The van der Waals surface area contributed by atoms with Gasteiger partial charge in [-0.2, -0.15) is 0 Å². The molecule has 3 saturated carbocycles. The summed E-state index contributed by atoms with van der Waals surface area (Å²) >= 11 is 0. The van der Waals surface area contributed by atoms with Gasteiger partial charge < -0.3 is 0 Å². The molecular formula is C11H19. The summed E-state index contributed by atoms with van der Waals surface area (Å²) in [6, 6.07) is 0. The summed E-state index contributed by atoms with van der Waals surface area (Å²) in [7, 11) is 0. The van der Waals surface area contributed by atoms with Crippen molar-refractivity contribution in [2.24, 2.45) is 5.92 Å². The van der Waals surface area contributed by atoms with E-state index < -0.39 is 0 Å². The zero-order chi connectivity index (χ0) is 7.52. The van der Waals surface area contributed by atoms with Crippen LogP contribution in [0.5, 0.6) is 0 Å². The molecule has 0 aromatic rings. The van der Waals surface area contributed by atoms with Crippen LogP contribution in [0, 0.1) is 11.8 Å². The van der Waals surface area contributed by atoms with Crippen LogP contribution in [0.25, 0.3) is 0 Å². The minimum absolute atomic E-state index is 1.11. The van der Waals surface area contributed by atoms with E-state index in [4.69, 9.17) is 0 Å². The van der Waals surface area contributed by atoms with Gasteiger partial charge in [0.1, 0.15) is 0 Å². The molecule has 0 aliphatic heterocycles. The lowest BCUT2D eigenvalue weighted by Gasteiger charge is -2.35. The summed E-state index contributed by atoms with van der Waals surface area (Å²) in [5.74, 6) is 3.00. The lowest BCUT2D eigenvalue weighted by Crippen LogP contribution is -2.22. The Bertz CT molecular complexity index is 93.7. The fourth-order valence-electron chi connectivity index (χ4n) is 2.50. The van der Waals surface area contributed by atoms with Gasteiger partial charge in [-0.1, -0.05) is 38.5 Å². The molecule has 2 bridgehead atoms. The van der Waals surface area contributed by atoms with Crippen molar-refractivity contribution in [2.75, 3.05) is 0 Å². The summed E-state index contributed by atoms with van der Waals surface area (Å²) in [5, 5.41) is 0. The van der Waals surface area contributed by atoms with Crippen molar-refractivity contribution in [2.45, 2.75) is 57.8 Å². The van der Waals surface area contributed by atoms with Crippen LogP contribution >= 0.6 is 0 Å². The van der Waals surface area contributed by atoms with E-state index in [2.05, 4.69) is 0 Å². The van der Waals surface area contributed by atoms with E-state index in [1.54, 1.807) is 0 Å². The first-order chi connectivity index (χ1) is 5.45. The topological polar surface area (TPSA) is 0 Å². The average molecular weight is 151 g/mol. The number of rotatable bonds is 0. The maximum Gasteiger partial charge on any atom is -0.0235 e. The molecule has 0 amide bonds. The van der Waals surface area contributed by atoms with Gasteiger partial charge in [0, 0.05) is 0 Å². The normalized spacial score (nSPS) is 29.5. The highest BCUT2D eigenvalue weighted by atomic mass is 14.3. The second-order valence-electron chi connectivity index (χ2n) is 4.33. The first-order valence-electron chi connectivity index (χ1n) is 5.29. The van der Waals surface area contributed by atoms with E-state index >= 15 is 0 Å². The predicted molar refractivity (Wildman–Crippen MR) is 48.3 cm³/mol. The van der Waals surface area contributed by atoms with Gasteiger partial charge in [0.05, 0.1) is 0 Å². The standard InChI is InChI=1S/C11H19/c1-2-4-6-10-8-11(9-10)7-5-3-1/h10H,1-9H2. The van der Waals surface area contributed by atoms with Gasteiger partial charge in [-0.3, -0.25) is 0 Å². The van der Waals surface area contributed by atoms with Crippen LogP contribution in [-0.4, -0.2) is 0 Å². The summed E-state index contributed by atoms with van der Waals surface area (Å²) in [6.45, 7) is 0. The molecule has 63 valence electrons. The maximum absolute atomic E-state index is 1.89. The zero-order valence-electron chi connectivity index (χ0n) is 7.44. The van der Waals surface area contributed by atoms with E-state index in [9.17, 15) is 0 Å². The second kappa shape index (κ2) is 3.60. The third kappa shape index (κ3) is 1.98. The van der Waals surface area contributed by atoms with Gasteiger partial charge in [-0.25, -0.2) is 0 Å². The maximum atomic E-state index is 1.89. The smallest absolute Gasteiger partial charge is 0.0235 e. The quantitative estimate of drug-likeness (QED) is 0.495. The average Bonchev–Trinajstić information content (AvgIpc) is 1.99. The highest BCUT2D eigenvalue weighted by molar-refractivity contribution is 5.03. The van der Waals surface area contributed by atoms with Crippen molar-refractivity contribution in [3.8, 4) is 0 Å². The Morgan fingerprint density at radius 1 is 0.818 bits per heavy atom. The summed E-state index contributed by atoms with van der Waals surface area (Å²) in [5.41, 5.74) is 0. The van der Waals surface area contributed by atoms with Crippen LogP contribution in [0.2, 0.25) is 0 Å². The van der Waals surface area contributed by atoms with E-state index in [1.165, 1.54) is 57.8 Å². The third-order valence-corrected chi connectivity index (χ3v) is 3.30. The lowest BCUT2D eigenvalue weighted by atomic mass is 9.70. The predicted octanol–water partition coefficient (Wildman–Crippen LogP) is 3.72. The molecule has 0 atom stereocenters. The van der Waals surface area contributed by atoms with Crippen molar-refractivity contribution in [1.82, 2.24) is 0 Å². The molecular weight excluding hydrogens is 132 g/mol. The molecule has 0 heterocycles. The monoisotopic (exact) mass is 151 g/mol. The van der Waals surface area contributed by atoms with Crippen molar-refractivity contribution < 1.29 is 0 Å². The fraction of sp³-hybridized carbons (Fsp3) is 0.909. The molecule has 3 fully saturated rings. The second-order valence-corrected chi connectivity index (χ2v) is 4.33. The Balaban J connectivity index is 1.75. The molecule has 0 aromatic carbocycles. The molecule has 3 rings (SSSR count). The SMILES string of the molecule is C1CCC[C]2CC(CCC1)C2. The van der Waals surface area contributed by atoms with Gasteiger partial charge in [0.15, 0.2) is 0 Å². The fourth-order valence-corrected chi connectivity index (χ4v) is 2.50. The lowest BCUT2D eigenvalue weighted by molar-refractivity contribution is 0.291. The van der Waals surface area contributed by atoms with Crippen molar-refractivity contribution in [3.63, 3.8) is 0 Å². The largest absolute Gasteiger partial charge is 0.0533 e. The highest BCUT2D eigenvalue weighted by Crippen LogP contribution is 2.42. The molecule has 0 heteroatoms. The van der Waals surface area contributed by atoms with Gasteiger partial charge in [0.2, 0.25) is 0 Å².